The Hall–Kier alpha value is -3.56. The maximum absolute atomic E-state index is 12.4. The number of aromatic nitrogens is 2. The van der Waals surface area contributed by atoms with E-state index in [1.807, 2.05) is 0 Å². The van der Waals surface area contributed by atoms with Gasteiger partial charge in [-0.15, -0.1) is 13.2 Å². The molecule has 0 aliphatic rings. The Morgan fingerprint density at radius 2 is 1.74 bits per heavy atom. The number of aromatic amines is 1. The van der Waals surface area contributed by atoms with Crippen LogP contribution in [0.25, 0.3) is 10.9 Å². The standard InChI is InChI=1S/C17H12F3N3O4/c18-17(19,20)27-11-7-5-10(6-8-11)21-14(24)9-23-15(25)12-3-1-2-4-13(12)22-16(23)26/h1-8H,9H2,(H,21,24)(H,22,26). The minimum absolute atomic E-state index is 0.180. The maximum Gasteiger partial charge on any atom is 0.573 e. The number of ether oxygens (including phenoxy) is 1. The van der Waals surface area contributed by atoms with E-state index in [4.69, 9.17) is 0 Å². The molecule has 0 saturated heterocycles. The van der Waals surface area contributed by atoms with Gasteiger partial charge < -0.3 is 15.0 Å². The lowest BCUT2D eigenvalue weighted by atomic mass is 10.2. The summed E-state index contributed by atoms with van der Waals surface area (Å²) in [6.45, 7) is -0.556. The summed E-state index contributed by atoms with van der Waals surface area (Å²) in [4.78, 5) is 39.0. The zero-order valence-corrected chi connectivity index (χ0v) is 13.5. The Balaban J connectivity index is 1.76. The molecule has 1 amide bonds. The van der Waals surface area contributed by atoms with Crippen molar-refractivity contribution in [2.45, 2.75) is 12.9 Å². The largest absolute Gasteiger partial charge is 0.573 e. The Morgan fingerprint density at radius 3 is 2.41 bits per heavy atom. The van der Waals surface area contributed by atoms with Crippen molar-refractivity contribution in [1.29, 1.82) is 0 Å². The molecule has 0 unspecified atom stereocenters. The lowest BCUT2D eigenvalue weighted by molar-refractivity contribution is -0.274. The second kappa shape index (κ2) is 6.98. The van der Waals surface area contributed by atoms with E-state index in [0.29, 0.717) is 5.52 Å². The van der Waals surface area contributed by atoms with E-state index in [0.717, 1.165) is 16.7 Å². The SMILES string of the molecule is O=C(Cn1c(=O)[nH]c2ccccc2c1=O)Nc1ccc(OC(F)(F)F)cc1. The molecule has 0 aliphatic carbocycles. The van der Waals surface area contributed by atoms with Crippen molar-refractivity contribution in [3.8, 4) is 5.75 Å². The molecule has 0 fully saturated rings. The van der Waals surface area contributed by atoms with Crippen LogP contribution in [0.15, 0.2) is 58.1 Å². The molecule has 140 valence electrons. The Bertz CT molecular complexity index is 1100. The van der Waals surface area contributed by atoms with E-state index in [1.54, 1.807) is 18.2 Å². The summed E-state index contributed by atoms with van der Waals surface area (Å²) in [6.07, 6.45) is -4.82. The summed E-state index contributed by atoms with van der Waals surface area (Å²) in [6, 6.07) is 10.8. The van der Waals surface area contributed by atoms with Gasteiger partial charge in [-0.3, -0.25) is 14.2 Å². The molecule has 0 atom stereocenters. The third kappa shape index (κ3) is 4.35. The molecule has 0 radical (unpaired) electrons. The Morgan fingerprint density at radius 1 is 1.07 bits per heavy atom. The quantitative estimate of drug-likeness (QED) is 0.727. The van der Waals surface area contributed by atoms with Crippen molar-refractivity contribution in [2.75, 3.05) is 5.32 Å². The molecule has 7 nitrogen and oxygen atoms in total. The van der Waals surface area contributed by atoms with Crippen molar-refractivity contribution in [3.63, 3.8) is 0 Å². The second-order valence-electron chi connectivity index (χ2n) is 5.49. The Kier molecular flexibility index (Phi) is 4.72. The Labute approximate surface area is 149 Å². The molecule has 3 rings (SSSR count). The van der Waals surface area contributed by atoms with Crippen LogP contribution < -0.4 is 21.3 Å². The number of fused-ring (bicyclic) bond motifs is 1. The van der Waals surface area contributed by atoms with Crippen LogP contribution >= 0.6 is 0 Å². The molecule has 0 spiro atoms. The maximum atomic E-state index is 12.4. The van der Waals surface area contributed by atoms with Gasteiger partial charge in [0.15, 0.2) is 0 Å². The number of anilines is 1. The molecule has 3 aromatic rings. The van der Waals surface area contributed by atoms with Crippen molar-refractivity contribution in [1.82, 2.24) is 9.55 Å². The monoisotopic (exact) mass is 379 g/mol. The average molecular weight is 379 g/mol. The number of nitrogens with zero attached hydrogens (tertiary/aromatic N) is 1. The summed E-state index contributed by atoms with van der Waals surface area (Å²) in [7, 11) is 0. The second-order valence-corrected chi connectivity index (χ2v) is 5.49. The number of hydrogen-bond donors (Lipinski definition) is 2. The molecule has 2 N–H and O–H groups in total. The number of alkyl halides is 3. The van der Waals surface area contributed by atoms with Crippen LogP contribution in [0.2, 0.25) is 0 Å². The number of rotatable bonds is 4. The third-order valence-corrected chi connectivity index (χ3v) is 3.56. The van der Waals surface area contributed by atoms with Crippen LogP contribution in [0.3, 0.4) is 0 Å². The number of H-pyrrole nitrogens is 1. The van der Waals surface area contributed by atoms with Crippen LogP contribution in [0, 0.1) is 0 Å². The first-order valence-electron chi connectivity index (χ1n) is 7.60. The third-order valence-electron chi connectivity index (χ3n) is 3.56. The number of amides is 1. The van der Waals surface area contributed by atoms with Gasteiger partial charge in [0.05, 0.1) is 10.9 Å². The van der Waals surface area contributed by atoms with Gasteiger partial charge in [0.25, 0.3) is 5.56 Å². The number of benzene rings is 2. The fourth-order valence-corrected chi connectivity index (χ4v) is 2.43. The molecule has 1 aromatic heterocycles. The number of carbonyl (C=O) groups is 1. The van der Waals surface area contributed by atoms with Crippen molar-refractivity contribution in [2.24, 2.45) is 0 Å². The molecule has 1 heterocycles. The van der Waals surface area contributed by atoms with Crippen LogP contribution in [-0.4, -0.2) is 21.8 Å². The molecule has 10 heteroatoms. The molecule has 27 heavy (non-hydrogen) atoms. The highest BCUT2D eigenvalue weighted by molar-refractivity contribution is 5.90. The normalized spacial score (nSPS) is 11.4. The topological polar surface area (TPSA) is 93.2 Å². The van der Waals surface area contributed by atoms with Gasteiger partial charge in [0.1, 0.15) is 12.3 Å². The van der Waals surface area contributed by atoms with E-state index in [-0.39, 0.29) is 11.1 Å². The molecule has 0 saturated carbocycles. The highest BCUT2D eigenvalue weighted by Crippen LogP contribution is 2.23. The minimum atomic E-state index is -4.82. The van der Waals surface area contributed by atoms with Crippen LogP contribution in [0.5, 0.6) is 5.75 Å². The number of halogens is 3. The van der Waals surface area contributed by atoms with E-state index < -0.39 is 35.8 Å². The van der Waals surface area contributed by atoms with Gasteiger partial charge in [-0.2, -0.15) is 0 Å². The first kappa shape index (κ1) is 18.2. The van der Waals surface area contributed by atoms with Crippen LogP contribution in [0.4, 0.5) is 18.9 Å². The fourth-order valence-electron chi connectivity index (χ4n) is 2.43. The van der Waals surface area contributed by atoms with E-state index in [1.165, 1.54) is 18.2 Å². The van der Waals surface area contributed by atoms with E-state index >= 15 is 0 Å². The summed E-state index contributed by atoms with van der Waals surface area (Å²) in [5, 5.41) is 2.64. The molecule has 0 aliphatic heterocycles. The predicted molar refractivity (Wildman–Crippen MR) is 90.6 cm³/mol. The average Bonchev–Trinajstić information content (AvgIpc) is 2.59. The summed E-state index contributed by atoms with van der Waals surface area (Å²) in [5.41, 5.74) is -0.842. The zero-order chi connectivity index (χ0) is 19.6. The molecular formula is C17H12F3N3O4. The highest BCUT2D eigenvalue weighted by atomic mass is 19.4. The molecule has 0 bridgehead atoms. The van der Waals surface area contributed by atoms with Gasteiger partial charge in [-0.1, -0.05) is 12.1 Å². The lowest BCUT2D eigenvalue weighted by Gasteiger charge is -2.10. The minimum Gasteiger partial charge on any atom is -0.406 e. The van der Waals surface area contributed by atoms with Gasteiger partial charge >= 0.3 is 12.1 Å². The van der Waals surface area contributed by atoms with Crippen molar-refractivity contribution < 1.29 is 22.7 Å². The summed E-state index contributed by atoms with van der Waals surface area (Å²) < 4.78 is 40.8. The van der Waals surface area contributed by atoms with Crippen molar-refractivity contribution in [3.05, 3.63) is 69.4 Å². The number of nitrogens with one attached hydrogen (secondary N) is 2. The first-order chi connectivity index (χ1) is 12.7. The number of para-hydroxylation sites is 1. The van der Waals surface area contributed by atoms with Gasteiger partial charge in [-0.25, -0.2) is 4.79 Å². The lowest BCUT2D eigenvalue weighted by Crippen LogP contribution is -2.38. The molecular weight excluding hydrogens is 367 g/mol. The summed E-state index contributed by atoms with van der Waals surface area (Å²) >= 11 is 0. The van der Waals surface area contributed by atoms with Gasteiger partial charge in [0.2, 0.25) is 5.91 Å². The van der Waals surface area contributed by atoms with E-state index in [2.05, 4.69) is 15.0 Å². The highest BCUT2D eigenvalue weighted by Gasteiger charge is 2.30. The number of hydrogen-bond acceptors (Lipinski definition) is 4. The van der Waals surface area contributed by atoms with Crippen LogP contribution in [0.1, 0.15) is 0 Å². The van der Waals surface area contributed by atoms with Gasteiger partial charge in [0, 0.05) is 5.69 Å². The fraction of sp³-hybridized carbons (Fsp3) is 0.118. The molecule has 2 aromatic carbocycles. The predicted octanol–water partition coefficient (Wildman–Crippen LogP) is 2.23. The van der Waals surface area contributed by atoms with Gasteiger partial charge in [-0.05, 0) is 36.4 Å². The summed E-state index contributed by atoms with van der Waals surface area (Å²) in [5.74, 6) is -1.13. The number of carbonyl (C=O) groups excluding carboxylic acids is 1. The van der Waals surface area contributed by atoms with Crippen LogP contribution in [-0.2, 0) is 11.3 Å². The van der Waals surface area contributed by atoms with E-state index in [9.17, 15) is 27.6 Å². The zero-order valence-electron chi connectivity index (χ0n) is 13.5. The first-order valence-corrected chi connectivity index (χ1v) is 7.60. The van der Waals surface area contributed by atoms with Crippen molar-refractivity contribution >= 4 is 22.5 Å². The smallest absolute Gasteiger partial charge is 0.406 e.